The largest absolute Gasteiger partial charge is 0.417 e. The van der Waals surface area contributed by atoms with Gasteiger partial charge >= 0.3 is 6.18 Å². The molecule has 0 saturated carbocycles. The van der Waals surface area contributed by atoms with Crippen molar-refractivity contribution < 1.29 is 22.8 Å². The van der Waals surface area contributed by atoms with Gasteiger partial charge in [0.1, 0.15) is 5.82 Å². The second kappa shape index (κ2) is 7.97. The summed E-state index contributed by atoms with van der Waals surface area (Å²) >= 11 is 0. The van der Waals surface area contributed by atoms with Crippen LogP contribution in [0, 0.1) is 0 Å². The first-order valence-electron chi connectivity index (χ1n) is 9.81. The van der Waals surface area contributed by atoms with Gasteiger partial charge < -0.3 is 14.7 Å². The Morgan fingerprint density at radius 3 is 2.30 bits per heavy atom. The van der Waals surface area contributed by atoms with E-state index < -0.39 is 11.7 Å². The normalized spacial score (nSPS) is 17.6. The predicted octanol–water partition coefficient (Wildman–Crippen LogP) is 3.19. The van der Waals surface area contributed by atoms with Crippen molar-refractivity contribution in [3.05, 3.63) is 53.7 Å². The van der Waals surface area contributed by atoms with Gasteiger partial charge in [-0.1, -0.05) is 12.1 Å². The Labute approximate surface area is 171 Å². The summed E-state index contributed by atoms with van der Waals surface area (Å²) in [5.74, 6) is 0.330. The zero-order valence-corrected chi connectivity index (χ0v) is 16.2. The molecule has 9 heteroatoms. The molecule has 0 N–H and O–H groups in total. The zero-order chi connectivity index (χ0) is 21.3. The van der Waals surface area contributed by atoms with E-state index in [1.807, 2.05) is 11.0 Å². The summed E-state index contributed by atoms with van der Waals surface area (Å²) in [6, 6.07) is 9.48. The number of hydrogen-bond acceptors (Lipinski definition) is 4. The number of halogens is 3. The monoisotopic (exact) mass is 418 g/mol. The maximum Gasteiger partial charge on any atom is 0.417 e. The Morgan fingerprint density at radius 1 is 0.967 bits per heavy atom. The fraction of sp³-hybridized carbons (Fsp3) is 0.381. The van der Waals surface area contributed by atoms with Crippen LogP contribution in [0.2, 0.25) is 0 Å². The Hall–Kier alpha value is -3.10. The van der Waals surface area contributed by atoms with Gasteiger partial charge in [-0.2, -0.15) is 13.2 Å². The van der Waals surface area contributed by atoms with Gasteiger partial charge in [0.25, 0.3) is 5.91 Å². The molecule has 1 aromatic carbocycles. The highest BCUT2D eigenvalue weighted by molar-refractivity contribution is 6.05. The molecular weight excluding hydrogens is 397 g/mol. The number of aromatic nitrogens is 1. The SMILES string of the molecule is O=C(c1ccccc1N1CCCC1=O)N1CCN(c2ccc(C(F)(F)F)cn2)CC1. The first-order chi connectivity index (χ1) is 14.3. The summed E-state index contributed by atoms with van der Waals surface area (Å²) in [6.07, 6.45) is -2.32. The van der Waals surface area contributed by atoms with E-state index in [0.29, 0.717) is 56.2 Å². The Kier molecular flexibility index (Phi) is 5.36. The number of piperazine rings is 1. The van der Waals surface area contributed by atoms with Crippen LogP contribution in [0.5, 0.6) is 0 Å². The van der Waals surface area contributed by atoms with Crippen LogP contribution in [-0.4, -0.2) is 54.4 Å². The van der Waals surface area contributed by atoms with Crippen molar-refractivity contribution in [2.75, 3.05) is 42.5 Å². The molecule has 0 spiro atoms. The van der Waals surface area contributed by atoms with E-state index in [9.17, 15) is 22.8 Å². The average Bonchev–Trinajstić information content (AvgIpc) is 3.18. The smallest absolute Gasteiger partial charge is 0.353 e. The second-order valence-corrected chi connectivity index (χ2v) is 7.35. The number of benzene rings is 1. The van der Waals surface area contributed by atoms with Crippen LogP contribution in [0.3, 0.4) is 0 Å². The molecule has 0 aliphatic carbocycles. The standard InChI is InChI=1S/C21H21F3N4O2/c22-21(23,24)15-7-8-18(25-14-15)26-10-12-27(13-11-26)20(30)16-4-1-2-5-17(16)28-9-3-6-19(28)29/h1-2,4-5,7-8,14H,3,6,9-13H2. The maximum absolute atomic E-state index is 13.1. The van der Waals surface area contributed by atoms with Gasteiger partial charge in [-0.25, -0.2) is 4.98 Å². The molecule has 2 saturated heterocycles. The number of amides is 2. The van der Waals surface area contributed by atoms with Crippen molar-refractivity contribution in [1.29, 1.82) is 0 Å². The molecule has 2 aliphatic rings. The van der Waals surface area contributed by atoms with E-state index in [-0.39, 0.29) is 11.8 Å². The number of anilines is 2. The number of carbonyl (C=O) groups is 2. The second-order valence-electron chi connectivity index (χ2n) is 7.35. The molecule has 2 aromatic rings. The first kappa shape index (κ1) is 20.2. The molecule has 0 unspecified atom stereocenters. The summed E-state index contributed by atoms with van der Waals surface area (Å²) in [7, 11) is 0. The van der Waals surface area contributed by atoms with Gasteiger partial charge in [0.05, 0.1) is 16.8 Å². The van der Waals surface area contributed by atoms with Crippen LogP contribution in [0.25, 0.3) is 0 Å². The minimum Gasteiger partial charge on any atom is -0.353 e. The molecule has 30 heavy (non-hydrogen) atoms. The van der Waals surface area contributed by atoms with Gasteiger partial charge in [0, 0.05) is 45.3 Å². The van der Waals surface area contributed by atoms with Crippen LogP contribution < -0.4 is 9.80 Å². The lowest BCUT2D eigenvalue weighted by Gasteiger charge is -2.36. The summed E-state index contributed by atoms with van der Waals surface area (Å²) in [6.45, 7) is 2.38. The van der Waals surface area contributed by atoms with E-state index in [4.69, 9.17) is 0 Å². The number of rotatable bonds is 3. The van der Waals surface area contributed by atoms with Crippen LogP contribution in [0.15, 0.2) is 42.6 Å². The van der Waals surface area contributed by atoms with Gasteiger partial charge in [-0.3, -0.25) is 9.59 Å². The number of hydrogen-bond donors (Lipinski definition) is 0. The highest BCUT2D eigenvalue weighted by Crippen LogP contribution is 2.30. The van der Waals surface area contributed by atoms with Crippen LogP contribution >= 0.6 is 0 Å². The molecule has 0 radical (unpaired) electrons. The lowest BCUT2D eigenvalue weighted by Crippen LogP contribution is -2.49. The van der Waals surface area contributed by atoms with Crippen molar-refractivity contribution in [3.8, 4) is 0 Å². The quantitative estimate of drug-likeness (QED) is 0.768. The molecule has 0 bridgehead atoms. The van der Waals surface area contributed by atoms with Crippen molar-refractivity contribution >= 4 is 23.3 Å². The van der Waals surface area contributed by atoms with E-state index in [0.717, 1.165) is 18.7 Å². The number of para-hydroxylation sites is 1. The third-order valence-corrected chi connectivity index (χ3v) is 5.46. The fourth-order valence-electron chi connectivity index (χ4n) is 3.84. The minimum absolute atomic E-state index is 0.0217. The lowest BCUT2D eigenvalue weighted by atomic mass is 10.1. The summed E-state index contributed by atoms with van der Waals surface area (Å²) in [5, 5.41) is 0. The topological polar surface area (TPSA) is 56.8 Å². The lowest BCUT2D eigenvalue weighted by molar-refractivity contribution is -0.137. The highest BCUT2D eigenvalue weighted by atomic mass is 19.4. The Balaban J connectivity index is 1.44. The average molecular weight is 418 g/mol. The number of pyridine rings is 1. The molecule has 1 aromatic heterocycles. The third-order valence-electron chi connectivity index (χ3n) is 5.46. The minimum atomic E-state index is -4.42. The Bertz CT molecular complexity index is 938. The third kappa shape index (κ3) is 3.96. The van der Waals surface area contributed by atoms with Gasteiger partial charge in [-0.05, 0) is 30.7 Å². The fourth-order valence-corrected chi connectivity index (χ4v) is 3.84. The van der Waals surface area contributed by atoms with Gasteiger partial charge in [0.15, 0.2) is 0 Å². The summed E-state index contributed by atoms with van der Waals surface area (Å²) in [5.41, 5.74) is 0.346. The molecule has 6 nitrogen and oxygen atoms in total. The van der Waals surface area contributed by atoms with Gasteiger partial charge in [-0.15, -0.1) is 0 Å². The van der Waals surface area contributed by atoms with E-state index in [1.165, 1.54) is 6.07 Å². The number of nitrogens with zero attached hydrogens (tertiary/aromatic N) is 4. The summed E-state index contributed by atoms with van der Waals surface area (Å²) in [4.78, 5) is 34.4. The van der Waals surface area contributed by atoms with Crippen LogP contribution in [-0.2, 0) is 11.0 Å². The molecule has 2 aliphatic heterocycles. The van der Waals surface area contributed by atoms with E-state index in [2.05, 4.69) is 4.98 Å². The zero-order valence-electron chi connectivity index (χ0n) is 16.2. The molecule has 0 atom stereocenters. The molecule has 4 rings (SSSR count). The van der Waals surface area contributed by atoms with E-state index in [1.54, 1.807) is 28.0 Å². The number of carbonyl (C=O) groups excluding carboxylic acids is 2. The molecule has 158 valence electrons. The molecule has 3 heterocycles. The van der Waals surface area contributed by atoms with Crippen molar-refractivity contribution in [1.82, 2.24) is 9.88 Å². The van der Waals surface area contributed by atoms with Crippen molar-refractivity contribution in [2.24, 2.45) is 0 Å². The van der Waals surface area contributed by atoms with E-state index >= 15 is 0 Å². The summed E-state index contributed by atoms with van der Waals surface area (Å²) < 4.78 is 38.1. The highest BCUT2D eigenvalue weighted by Gasteiger charge is 2.32. The van der Waals surface area contributed by atoms with Crippen molar-refractivity contribution in [3.63, 3.8) is 0 Å². The molecule has 2 amide bonds. The predicted molar refractivity (Wildman–Crippen MR) is 105 cm³/mol. The molecule has 2 fully saturated rings. The number of alkyl halides is 3. The molecular formula is C21H21F3N4O2. The maximum atomic E-state index is 13.1. The Morgan fingerprint density at radius 2 is 1.70 bits per heavy atom. The van der Waals surface area contributed by atoms with Crippen LogP contribution in [0.1, 0.15) is 28.8 Å². The first-order valence-corrected chi connectivity index (χ1v) is 9.81. The van der Waals surface area contributed by atoms with Crippen molar-refractivity contribution in [2.45, 2.75) is 19.0 Å². The van der Waals surface area contributed by atoms with Gasteiger partial charge in [0.2, 0.25) is 5.91 Å². The van der Waals surface area contributed by atoms with Crippen LogP contribution in [0.4, 0.5) is 24.7 Å².